The van der Waals surface area contributed by atoms with E-state index in [4.69, 9.17) is 0 Å². The maximum absolute atomic E-state index is 12.0. The number of aromatic nitrogens is 1. The maximum atomic E-state index is 12.0. The van der Waals surface area contributed by atoms with Gasteiger partial charge in [-0.1, -0.05) is 18.2 Å². The molecule has 0 bridgehead atoms. The van der Waals surface area contributed by atoms with Gasteiger partial charge in [-0.15, -0.1) is 0 Å². The second-order valence-corrected chi connectivity index (χ2v) is 6.77. The largest absolute Gasteiger partial charge is 1.00 e. The molecule has 1 amide bonds. The first-order valence-electron chi connectivity index (χ1n) is 10.0. The lowest BCUT2D eigenvalue weighted by Crippen LogP contribution is -3.00. The molecule has 1 heterocycles. The molecular formula is C25H28ClN3O. The number of nitrogens with zero attached hydrogens (tertiary/aromatic N) is 3. The summed E-state index contributed by atoms with van der Waals surface area (Å²) in [6, 6.07) is 22.3. The maximum Gasteiger partial charge on any atom is 0.227 e. The number of amides is 1. The van der Waals surface area contributed by atoms with E-state index < -0.39 is 0 Å². The van der Waals surface area contributed by atoms with E-state index in [2.05, 4.69) is 47.6 Å². The van der Waals surface area contributed by atoms with Crippen LogP contribution in [0.5, 0.6) is 0 Å². The van der Waals surface area contributed by atoms with Gasteiger partial charge in [0.25, 0.3) is 0 Å². The number of carbonyl (C=O) groups excluding carboxylic acids is 1. The molecule has 0 spiro atoms. The zero-order valence-corrected chi connectivity index (χ0v) is 18.5. The van der Waals surface area contributed by atoms with Gasteiger partial charge in [0.1, 0.15) is 0 Å². The molecule has 0 N–H and O–H groups in total. The fraction of sp³-hybridized carbons (Fsp3) is 0.200. The third-order valence-electron chi connectivity index (χ3n) is 4.92. The van der Waals surface area contributed by atoms with Crippen molar-refractivity contribution in [2.45, 2.75) is 20.8 Å². The third kappa shape index (κ3) is 5.71. The number of hydrogen-bond donors (Lipinski definition) is 0. The topological polar surface area (TPSA) is 27.4 Å². The standard InChI is InChI=1S/C25H28N3O.ClH/c1-4-26(5-2)23-11-13-24(14-12-23)27-18-15-22(16-19-27)17-20-28(21(3)29)25-9-7-6-8-10-25;/h6-20H,4-5H2,1-3H3;1H/q+1;/p-1. The van der Waals surface area contributed by atoms with Crippen LogP contribution in [-0.4, -0.2) is 19.0 Å². The SMILES string of the molecule is CCN(CC)c1ccc(-[n+]2ccc(C=CN(C(C)=O)c3ccccc3)cc2)cc1.[Cl-]. The molecule has 0 saturated heterocycles. The van der Waals surface area contributed by atoms with Gasteiger partial charge < -0.3 is 17.3 Å². The van der Waals surface area contributed by atoms with Crippen LogP contribution in [0, 0.1) is 0 Å². The number of benzene rings is 2. The first kappa shape index (κ1) is 23.2. The Morgan fingerprint density at radius 1 is 0.867 bits per heavy atom. The van der Waals surface area contributed by atoms with Crippen molar-refractivity contribution in [2.75, 3.05) is 22.9 Å². The Labute approximate surface area is 185 Å². The fourth-order valence-electron chi connectivity index (χ4n) is 3.27. The number of halogens is 1. The van der Waals surface area contributed by atoms with Crippen LogP contribution in [0.3, 0.4) is 0 Å². The Bertz CT molecular complexity index is 950. The monoisotopic (exact) mass is 421 g/mol. The first-order chi connectivity index (χ1) is 14.1. The summed E-state index contributed by atoms with van der Waals surface area (Å²) >= 11 is 0. The van der Waals surface area contributed by atoms with E-state index in [1.54, 1.807) is 11.8 Å². The van der Waals surface area contributed by atoms with Crippen LogP contribution >= 0.6 is 0 Å². The van der Waals surface area contributed by atoms with Gasteiger partial charge in [0, 0.05) is 61.9 Å². The summed E-state index contributed by atoms with van der Waals surface area (Å²) in [7, 11) is 0. The van der Waals surface area contributed by atoms with Crippen LogP contribution in [0.1, 0.15) is 26.3 Å². The van der Waals surface area contributed by atoms with Gasteiger partial charge in [-0.05, 0) is 49.8 Å². The lowest BCUT2D eigenvalue weighted by Gasteiger charge is -2.20. The van der Waals surface area contributed by atoms with Gasteiger partial charge in [-0.3, -0.25) is 9.69 Å². The van der Waals surface area contributed by atoms with Crippen LogP contribution in [0.4, 0.5) is 11.4 Å². The highest BCUT2D eigenvalue weighted by atomic mass is 35.5. The number of para-hydroxylation sites is 1. The molecule has 3 aromatic rings. The molecule has 0 atom stereocenters. The molecule has 0 aliphatic carbocycles. The van der Waals surface area contributed by atoms with E-state index >= 15 is 0 Å². The molecule has 0 aliphatic heterocycles. The van der Waals surface area contributed by atoms with Crippen LogP contribution in [0.15, 0.2) is 85.3 Å². The van der Waals surface area contributed by atoms with Gasteiger partial charge in [0.15, 0.2) is 12.4 Å². The normalized spacial score (nSPS) is 10.5. The zero-order chi connectivity index (χ0) is 20.6. The third-order valence-corrected chi connectivity index (χ3v) is 4.92. The molecule has 0 aliphatic rings. The number of pyridine rings is 1. The minimum atomic E-state index is -0.0215. The van der Waals surface area contributed by atoms with E-state index in [1.807, 2.05) is 67.1 Å². The molecular weight excluding hydrogens is 394 g/mol. The molecule has 3 rings (SSSR count). The van der Waals surface area contributed by atoms with E-state index in [0.717, 1.165) is 30.0 Å². The highest BCUT2D eigenvalue weighted by Crippen LogP contribution is 2.16. The first-order valence-corrected chi connectivity index (χ1v) is 10.0. The van der Waals surface area contributed by atoms with Crippen molar-refractivity contribution in [1.29, 1.82) is 0 Å². The average Bonchev–Trinajstić information content (AvgIpc) is 2.76. The van der Waals surface area contributed by atoms with Crippen molar-refractivity contribution in [1.82, 2.24) is 0 Å². The van der Waals surface area contributed by atoms with Crippen molar-refractivity contribution >= 4 is 23.4 Å². The molecule has 4 nitrogen and oxygen atoms in total. The Hall–Kier alpha value is -3.11. The lowest BCUT2D eigenvalue weighted by atomic mass is 10.2. The number of rotatable bonds is 7. The smallest absolute Gasteiger partial charge is 0.227 e. The van der Waals surface area contributed by atoms with Gasteiger partial charge in [-0.2, -0.15) is 4.57 Å². The van der Waals surface area contributed by atoms with Crippen LogP contribution < -0.4 is 26.8 Å². The zero-order valence-electron chi connectivity index (χ0n) is 17.7. The van der Waals surface area contributed by atoms with Crippen LogP contribution in [0.25, 0.3) is 11.8 Å². The van der Waals surface area contributed by atoms with Gasteiger partial charge in [0.2, 0.25) is 11.6 Å². The second kappa shape index (κ2) is 11.2. The summed E-state index contributed by atoms with van der Waals surface area (Å²) < 4.78 is 2.09. The summed E-state index contributed by atoms with van der Waals surface area (Å²) in [4.78, 5) is 16.0. The Balaban J connectivity index is 0.00000320. The minimum absolute atomic E-state index is 0. The Morgan fingerprint density at radius 2 is 1.47 bits per heavy atom. The molecule has 156 valence electrons. The minimum Gasteiger partial charge on any atom is -1.00 e. The predicted molar refractivity (Wildman–Crippen MR) is 120 cm³/mol. The predicted octanol–water partition coefficient (Wildman–Crippen LogP) is 1.84. The molecule has 0 fully saturated rings. The Morgan fingerprint density at radius 3 is 2.00 bits per heavy atom. The van der Waals surface area contributed by atoms with Gasteiger partial charge in [0.05, 0.1) is 0 Å². The van der Waals surface area contributed by atoms with E-state index in [0.29, 0.717) is 0 Å². The van der Waals surface area contributed by atoms with E-state index in [1.165, 1.54) is 5.69 Å². The highest BCUT2D eigenvalue weighted by molar-refractivity contribution is 5.94. The molecule has 2 aromatic carbocycles. The molecule has 0 saturated carbocycles. The van der Waals surface area contributed by atoms with Crippen molar-refractivity contribution in [3.05, 3.63) is 90.9 Å². The molecule has 0 radical (unpaired) electrons. The van der Waals surface area contributed by atoms with Gasteiger partial charge >= 0.3 is 0 Å². The van der Waals surface area contributed by atoms with Crippen molar-refractivity contribution < 1.29 is 21.8 Å². The lowest BCUT2D eigenvalue weighted by molar-refractivity contribution is -0.595. The molecule has 30 heavy (non-hydrogen) atoms. The highest BCUT2D eigenvalue weighted by Gasteiger charge is 2.09. The van der Waals surface area contributed by atoms with E-state index in [9.17, 15) is 4.79 Å². The number of hydrogen-bond acceptors (Lipinski definition) is 2. The molecule has 5 heteroatoms. The number of carbonyl (C=O) groups is 1. The average molecular weight is 422 g/mol. The van der Waals surface area contributed by atoms with Gasteiger partial charge in [-0.25, -0.2) is 0 Å². The summed E-state index contributed by atoms with van der Waals surface area (Å²) in [5.41, 5.74) is 4.24. The quantitative estimate of drug-likeness (QED) is 0.544. The molecule has 1 aromatic heterocycles. The van der Waals surface area contributed by atoms with Crippen molar-refractivity contribution in [2.24, 2.45) is 0 Å². The summed E-state index contributed by atoms with van der Waals surface area (Å²) in [5, 5.41) is 0. The summed E-state index contributed by atoms with van der Waals surface area (Å²) in [6.45, 7) is 7.92. The fourth-order valence-corrected chi connectivity index (χ4v) is 3.27. The van der Waals surface area contributed by atoms with Crippen molar-refractivity contribution in [3.63, 3.8) is 0 Å². The van der Waals surface area contributed by atoms with E-state index in [-0.39, 0.29) is 18.3 Å². The van der Waals surface area contributed by atoms with Crippen molar-refractivity contribution in [3.8, 4) is 5.69 Å². The number of anilines is 2. The molecule has 0 unspecified atom stereocenters. The van der Waals surface area contributed by atoms with Crippen LogP contribution in [0.2, 0.25) is 0 Å². The Kier molecular flexibility index (Phi) is 8.63. The van der Waals surface area contributed by atoms with Crippen LogP contribution in [-0.2, 0) is 4.79 Å². The second-order valence-electron chi connectivity index (χ2n) is 6.77. The summed E-state index contributed by atoms with van der Waals surface area (Å²) in [5.74, 6) is -0.0215. The summed E-state index contributed by atoms with van der Waals surface area (Å²) in [6.07, 6.45) is 7.83.